The molecule has 0 amide bonds. The van der Waals surface area contributed by atoms with Gasteiger partial charge in [-0.05, 0) is 159 Å². The van der Waals surface area contributed by atoms with Crippen molar-refractivity contribution in [3.8, 4) is 22.3 Å². The van der Waals surface area contributed by atoms with Crippen molar-refractivity contribution in [2.45, 2.75) is 0 Å². The number of para-hydroxylation sites is 2. The molecule has 0 saturated carbocycles. The molecular weight excluding hydrogens is 934 g/mol. The van der Waals surface area contributed by atoms with Crippen LogP contribution in [-0.2, 0) is 0 Å². The summed E-state index contributed by atoms with van der Waals surface area (Å²) in [7, 11) is 0. The third-order valence-corrected chi connectivity index (χ3v) is 14.6. The molecule has 11 aromatic carbocycles. The first kappa shape index (κ1) is 33.1. The lowest BCUT2D eigenvalue weighted by Crippen LogP contribution is -1.94. The predicted molar refractivity (Wildman–Crippen MR) is 262 cm³/mol. The second-order valence-electron chi connectivity index (χ2n) is 15.4. The lowest BCUT2D eigenvalue weighted by atomic mass is 9.87. The molecule has 0 atom stereocenters. The zero-order valence-corrected chi connectivity index (χ0v) is 35.1. The molecule has 0 unspecified atom stereocenters. The molecular formula is C54H28I2O2. The van der Waals surface area contributed by atoms with Crippen molar-refractivity contribution >= 4 is 154 Å². The van der Waals surface area contributed by atoms with Gasteiger partial charge in [0.05, 0.1) is 0 Å². The van der Waals surface area contributed by atoms with Crippen LogP contribution in [0.1, 0.15) is 0 Å². The molecule has 270 valence electrons. The topological polar surface area (TPSA) is 26.3 Å². The highest BCUT2D eigenvalue weighted by Crippen LogP contribution is 2.50. The zero-order chi connectivity index (χ0) is 38.2. The first-order valence-electron chi connectivity index (χ1n) is 19.5. The van der Waals surface area contributed by atoms with E-state index in [1.807, 2.05) is 0 Å². The Labute approximate surface area is 358 Å². The Hall–Kier alpha value is -5.96. The highest BCUT2D eigenvalue weighted by molar-refractivity contribution is 14.1. The van der Waals surface area contributed by atoms with E-state index in [0.29, 0.717) is 0 Å². The monoisotopic (exact) mass is 962 g/mol. The Morgan fingerprint density at radius 1 is 0.293 bits per heavy atom. The summed E-state index contributed by atoms with van der Waals surface area (Å²) in [6.07, 6.45) is 0. The third-order valence-electron chi connectivity index (χ3n) is 12.3. The standard InChI is InChI=1S/C54H28I2O2/c55-51-43-28-44-42(50-40(24-22-38-36-14-6-8-16-46(36)58-54(38)50)48(52(44)56)34-20-18-30-10-2-4-12-32(30)26-34)27-41(43)49-39(23-21-37-35-13-5-7-15-45(35)57-53(37)49)47(51)33-19-17-29-9-1-3-11-31(29)25-33/h1-28H. The van der Waals surface area contributed by atoms with Crippen molar-refractivity contribution < 1.29 is 8.83 Å². The fraction of sp³-hybridized carbons (Fsp3) is 0. The number of fused-ring (bicyclic) bond motifs is 16. The minimum Gasteiger partial charge on any atom is -0.455 e. The quantitative estimate of drug-likeness (QED) is 0.0980. The smallest absolute Gasteiger partial charge is 0.143 e. The van der Waals surface area contributed by atoms with Crippen LogP contribution in [-0.4, -0.2) is 0 Å². The second kappa shape index (κ2) is 12.3. The van der Waals surface area contributed by atoms with Crippen LogP contribution >= 0.6 is 45.2 Å². The number of benzene rings is 11. The van der Waals surface area contributed by atoms with Crippen molar-refractivity contribution in [3.05, 3.63) is 177 Å². The summed E-state index contributed by atoms with van der Waals surface area (Å²) in [5.74, 6) is 0. The molecule has 0 aliphatic carbocycles. The molecule has 58 heavy (non-hydrogen) atoms. The number of furan rings is 2. The molecule has 4 heteroatoms. The normalized spacial score (nSPS) is 12.3. The Balaban J connectivity index is 1.25. The Morgan fingerprint density at radius 2 is 0.690 bits per heavy atom. The van der Waals surface area contributed by atoms with E-state index in [-0.39, 0.29) is 0 Å². The second-order valence-corrected chi connectivity index (χ2v) is 17.5. The highest BCUT2D eigenvalue weighted by atomic mass is 127. The summed E-state index contributed by atoms with van der Waals surface area (Å²) in [4.78, 5) is 0. The molecule has 13 rings (SSSR count). The van der Waals surface area contributed by atoms with Gasteiger partial charge in [-0.25, -0.2) is 0 Å². The van der Waals surface area contributed by atoms with Gasteiger partial charge in [0.1, 0.15) is 22.3 Å². The summed E-state index contributed by atoms with van der Waals surface area (Å²) >= 11 is 5.23. The van der Waals surface area contributed by atoms with E-state index in [1.54, 1.807) is 0 Å². The van der Waals surface area contributed by atoms with E-state index >= 15 is 0 Å². The molecule has 2 aromatic heterocycles. The molecule has 13 aromatic rings. The van der Waals surface area contributed by atoms with Gasteiger partial charge in [0, 0.05) is 50.6 Å². The first-order chi connectivity index (χ1) is 28.6. The van der Waals surface area contributed by atoms with Gasteiger partial charge in [-0.2, -0.15) is 0 Å². The summed E-state index contributed by atoms with van der Waals surface area (Å²) in [6.45, 7) is 0. The minimum absolute atomic E-state index is 0.897. The van der Waals surface area contributed by atoms with Crippen molar-refractivity contribution in [3.63, 3.8) is 0 Å². The number of rotatable bonds is 2. The molecule has 0 N–H and O–H groups in total. The van der Waals surface area contributed by atoms with Gasteiger partial charge in [-0.3, -0.25) is 0 Å². The molecule has 0 spiro atoms. The summed E-state index contributed by atoms with van der Waals surface area (Å²) in [5.41, 5.74) is 8.47. The maximum atomic E-state index is 6.90. The van der Waals surface area contributed by atoms with E-state index in [4.69, 9.17) is 8.83 Å². The van der Waals surface area contributed by atoms with E-state index in [0.717, 1.165) is 54.6 Å². The molecule has 0 fully saturated rings. The van der Waals surface area contributed by atoms with Gasteiger partial charge in [0.25, 0.3) is 0 Å². The predicted octanol–water partition coefficient (Wildman–Crippen LogP) is 16.9. The molecule has 0 radical (unpaired) electrons. The highest BCUT2D eigenvalue weighted by Gasteiger charge is 2.24. The van der Waals surface area contributed by atoms with Gasteiger partial charge < -0.3 is 8.83 Å². The SMILES string of the molecule is Ic1c(-c2ccc3ccccc3c2)c2ccc3c4ccccc4oc3c2c2cc3c(cc12)c(I)c(-c1ccc2ccccc2c1)c1ccc2c4ccccc4oc2c13. The fourth-order valence-corrected chi connectivity index (χ4v) is 11.8. The van der Waals surface area contributed by atoms with Crippen molar-refractivity contribution in [1.82, 2.24) is 0 Å². The van der Waals surface area contributed by atoms with Crippen molar-refractivity contribution in [1.29, 1.82) is 0 Å². The van der Waals surface area contributed by atoms with Crippen LogP contribution in [0.2, 0.25) is 0 Å². The van der Waals surface area contributed by atoms with Crippen LogP contribution < -0.4 is 0 Å². The molecule has 2 heterocycles. The van der Waals surface area contributed by atoms with E-state index in [9.17, 15) is 0 Å². The largest absolute Gasteiger partial charge is 0.455 e. The van der Waals surface area contributed by atoms with Crippen LogP contribution in [0.5, 0.6) is 0 Å². The number of halogens is 2. The maximum absolute atomic E-state index is 6.90. The Morgan fingerprint density at radius 3 is 1.17 bits per heavy atom. The number of hydrogen-bond donors (Lipinski definition) is 0. The third kappa shape index (κ3) is 4.58. The van der Waals surface area contributed by atoms with E-state index < -0.39 is 0 Å². The molecule has 2 nitrogen and oxygen atoms in total. The molecule has 0 bridgehead atoms. The minimum atomic E-state index is 0.897. The lowest BCUT2D eigenvalue weighted by Gasteiger charge is -2.19. The van der Waals surface area contributed by atoms with Crippen LogP contribution in [0, 0.1) is 7.14 Å². The summed E-state index contributed by atoms with van der Waals surface area (Å²) in [5, 5.41) is 18.8. The lowest BCUT2D eigenvalue weighted by molar-refractivity contribution is 0.672. The van der Waals surface area contributed by atoms with E-state index in [2.05, 4.69) is 215 Å². The molecule has 0 saturated heterocycles. The average Bonchev–Trinajstić information content (AvgIpc) is 3.84. The van der Waals surface area contributed by atoms with Gasteiger partial charge in [-0.1, -0.05) is 121 Å². The van der Waals surface area contributed by atoms with E-state index in [1.165, 1.54) is 83.3 Å². The molecule has 0 aliphatic heterocycles. The Bertz CT molecular complexity index is 3690. The maximum Gasteiger partial charge on any atom is 0.143 e. The van der Waals surface area contributed by atoms with Gasteiger partial charge in [0.15, 0.2) is 0 Å². The zero-order valence-electron chi connectivity index (χ0n) is 30.7. The summed E-state index contributed by atoms with van der Waals surface area (Å²) in [6, 6.07) is 61.8. The van der Waals surface area contributed by atoms with Crippen molar-refractivity contribution in [2.75, 3.05) is 0 Å². The Kier molecular flexibility index (Phi) is 7.00. The first-order valence-corrected chi connectivity index (χ1v) is 21.6. The summed E-state index contributed by atoms with van der Waals surface area (Å²) < 4.78 is 16.2. The number of hydrogen-bond acceptors (Lipinski definition) is 2. The van der Waals surface area contributed by atoms with Gasteiger partial charge >= 0.3 is 0 Å². The average molecular weight is 963 g/mol. The van der Waals surface area contributed by atoms with Crippen LogP contribution in [0.3, 0.4) is 0 Å². The fourth-order valence-electron chi connectivity index (χ4n) is 9.67. The van der Waals surface area contributed by atoms with Gasteiger partial charge in [0.2, 0.25) is 0 Å². The van der Waals surface area contributed by atoms with Crippen LogP contribution in [0.25, 0.3) is 131 Å². The van der Waals surface area contributed by atoms with Crippen LogP contribution in [0.15, 0.2) is 179 Å². The molecule has 0 aliphatic rings. The van der Waals surface area contributed by atoms with Crippen LogP contribution in [0.4, 0.5) is 0 Å². The van der Waals surface area contributed by atoms with Crippen molar-refractivity contribution in [2.24, 2.45) is 0 Å². The van der Waals surface area contributed by atoms with Gasteiger partial charge in [-0.15, -0.1) is 0 Å².